The number of benzene rings is 2. The average Bonchev–Trinajstić information content (AvgIpc) is 3.18. The fraction of sp³-hybridized carbons (Fsp3) is 0.190. The normalized spacial score (nSPS) is 13.7. The molecule has 0 aliphatic carbocycles. The van der Waals surface area contributed by atoms with Gasteiger partial charge in [0.25, 0.3) is 5.56 Å². The van der Waals surface area contributed by atoms with Gasteiger partial charge in [-0.25, -0.2) is 4.98 Å². The third-order valence-corrected chi connectivity index (χ3v) is 5.15. The first-order valence-corrected chi connectivity index (χ1v) is 8.98. The third kappa shape index (κ3) is 2.16. The number of aliphatic hydroxyl groups excluding tert-OH is 1. The highest BCUT2D eigenvalue weighted by Gasteiger charge is 2.29. The summed E-state index contributed by atoms with van der Waals surface area (Å²) in [6.07, 6.45) is 0. The molecule has 6 heteroatoms. The lowest BCUT2D eigenvalue weighted by atomic mass is 10.1. The minimum absolute atomic E-state index is 0.181. The molecule has 0 radical (unpaired) electrons. The Hall–Kier alpha value is -3.41. The zero-order chi connectivity index (χ0) is 18.7. The van der Waals surface area contributed by atoms with Gasteiger partial charge >= 0.3 is 0 Å². The van der Waals surface area contributed by atoms with E-state index in [1.807, 2.05) is 65.4 Å². The second kappa shape index (κ2) is 5.54. The van der Waals surface area contributed by atoms with Crippen LogP contribution < -0.4 is 5.56 Å². The summed E-state index contributed by atoms with van der Waals surface area (Å²) >= 11 is 0. The van der Waals surface area contributed by atoms with Crippen LogP contribution in [-0.4, -0.2) is 24.2 Å². The van der Waals surface area contributed by atoms with Crippen molar-refractivity contribution >= 4 is 27.5 Å². The number of hydrogen-bond donors (Lipinski definition) is 1. The van der Waals surface area contributed by atoms with Crippen molar-refractivity contribution in [3.63, 3.8) is 0 Å². The Bertz CT molecular complexity index is 1330. The Balaban J connectivity index is 1.82. The van der Waals surface area contributed by atoms with Gasteiger partial charge in [-0.3, -0.25) is 4.79 Å². The molecular weight excluding hydrogens is 340 g/mol. The number of fused-ring (bicyclic) bond motifs is 4. The molecule has 3 heterocycles. The summed E-state index contributed by atoms with van der Waals surface area (Å²) in [7, 11) is 0. The number of nitrogens with zero attached hydrogens (tertiary/aromatic N) is 4. The van der Waals surface area contributed by atoms with Crippen molar-refractivity contribution in [1.29, 1.82) is 0 Å². The zero-order valence-electron chi connectivity index (χ0n) is 15.1. The molecule has 0 bridgehead atoms. The van der Waals surface area contributed by atoms with E-state index in [-0.39, 0.29) is 17.9 Å². The van der Waals surface area contributed by atoms with Gasteiger partial charge in [-0.05, 0) is 38.1 Å². The fourth-order valence-corrected chi connectivity index (χ4v) is 3.91. The Kier molecular flexibility index (Phi) is 3.25. The summed E-state index contributed by atoms with van der Waals surface area (Å²) in [5, 5.41) is 11.3. The van der Waals surface area contributed by atoms with Crippen LogP contribution in [0.2, 0.25) is 0 Å². The van der Waals surface area contributed by atoms with Crippen LogP contribution in [0.4, 0.5) is 0 Å². The molecule has 0 spiro atoms. The minimum Gasteiger partial charge on any atom is -0.509 e. The van der Waals surface area contributed by atoms with E-state index in [0.717, 1.165) is 22.1 Å². The number of allylic oxidation sites excluding steroid dienone is 1. The smallest absolute Gasteiger partial charge is 0.281 e. The van der Waals surface area contributed by atoms with E-state index in [0.29, 0.717) is 29.2 Å². The van der Waals surface area contributed by atoms with Crippen molar-refractivity contribution in [2.45, 2.75) is 26.9 Å². The predicted molar refractivity (Wildman–Crippen MR) is 105 cm³/mol. The maximum atomic E-state index is 12.6. The molecule has 27 heavy (non-hydrogen) atoms. The lowest BCUT2D eigenvalue weighted by Gasteiger charge is -2.11. The molecule has 1 aliphatic heterocycles. The van der Waals surface area contributed by atoms with Crippen LogP contribution in [0.15, 0.2) is 53.0 Å². The lowest BCUT2D eigenvalue weighted by Crippen LogP contribution is -2.16. The van der Waals surface area contributed by atoms with Crippen LogP contribution in [0.3, 0.4) is 0 Å². The average molecular weight is 358 g/mol. The van der Waals surface area contributed by atoms with Gasteiger partial charge < -0.3 is 14.2 Å². The summed E-state index contributed by atoms with van der Waals surface area (Å²) < 4.78 is 3.93. The molecule has 0 saturated carbocycles. The first-order valence-electron chi connectivity index (χ1n) is 8.98. The van der Waals surface area contributed by atoms with Crippen molar-refractivity contribution in [3.05, 3.63) is 75.8 Å². The van der Waals surface area contributed by atoms with Crippen LogP contribution in [0.1, 0.15) is 24.1 Å². The van der Waals surface area contributed by atoms with Crippen molar-refractivity contribution in [2.24, 2.45) is 0 Å². The second-order valence-electron chi connectivity index (χ2n) is 6.84. The van der Waals surface area contributed by atoms with Crippen LogP contribution >= 0.6 is 0 Å². The SMILES string of the molecule is CCn1c(C2=C(O)Cn3c2nc(=O)c2cc(C)ccc23)nc2ccccc21. The van der Waals surface area contributed by atoms with Gasteiger partial charge in [0.15, 0.2) is 5.82 Å². The molecule has 0 atom stereocenters. The highest BCUT2D eigenvalue weighted by Crippen LogP contribution is 2.34. The number of rotatable bonds is 2. The molecule has 5 rings (SSSR count). The van der Waals surface area contributed by atoms with Crippen LogP contribution in [-0.2, 0) is 13.1 Å². The molecule has 4 aromatic rings. The monoisotopic (exact) mass is 358 g/mol. The first kappa shape index (κ1) is 15.8. The van der Waals surface area contributed by atoms with Crippen molar-refractivity contribution < 1.29 is 5.11 Å². The van der Waals surface area contributed by atoms with E-state index in [2.05, 4.69) is 4.98 Å². The van der Waals surface area contributed by atoms with Crippen LogP contribution in [0, 0.1) is 6.92 Å². The molecule has 6 nitrogen and oxygen atoms in total. The first-order chi connectivity index (χ1) is 13.1. The molecule has 134 valence electrons. The molecule has 1 N–H and O–H groups in total. The molecule has 1 aliphatic rings. The summed E-state index contributed by atoms with van der Waals surface area (Å²) in [6, 6.07) is 13.6. The fourth-order valence-electron chi connectivity index (χ4n) is 3.91. The highest BCUT2D eigenvalue weighted by atomic mass is 16.3. The molecule has 0 unspecified atom stereocenters. The molecule has 2 aromatic carbocycles. The summed E-state index contributed by atoms with van der Waals surface area (Å²) in [6.45, 7) is 4.96. The molecule has 0 amide bonds. The number of aliphatic hydroxyl groups is 1. The summed E-state index contributed by atoms with van der Waals surface area (Å²) in [5.41, 5.74) is 3.87. The Morgan fingerprint density at radius 1 is 1.07 bits per heavy atom. The van der Waals surface area contributed by atoms with Gasteiger partial charge in [-0.1, -0.05) is 23.8 Å². The topological polar surface area (TPSA) is 72.9 Å². The summed E-state index contributed by atoms with van der Waals surface area (Å²) in [5.74, 6) is 1.29. The van der Waals surface area contributed by atoms with E-state index >= 15 is 0 Å². The molecular formula is C21H18N4O2. The van der Waals surface area contributed by atoms with Gasteiger partial charge in [0.2, 0.25) is 0 Å². The zero-order valence-corrected chi connectivity index (χ0v) is 15.1. The number of aromatic nitrogens is 4. The quantitative estimate of drug-likeness (QED) is 0.596. The standard InChI is InChI=1S/C21H18N4O2/c1-3-24-16-7-5-4-6-14(16)22-19(24)18-17(26)11-25-15-9-8-12(2)10-13(15)21(27)23-20(18)25/h4-10,26H,3,11H2,1-2H3. The molecule has 0 fully saturated rings. The van der Waals surface area contributed by atoms with E-state index in [1.54, 1.807) is 0 Å². The number of aryl methyl sites for hydroxylation is 2. The van der Waals surface area contributed by atoms with Gasteiger partial charge in [0, 0.05) is 6.54 Å². The van der Waals surface area contributed by atoms with Crippen molar-refractivity contribution in [1.82, 2.24) is 19.1 Å². The van der Waals surface area contributed by atoms with Gasteiger partial charge in [0.1, 0.15) is 11.6 Å². The van der Waals surface area contributed by atoms with Gasteiger partial charge in [0.05, 0.1) is 34.1 Å². The van der Waals surface area contributed by atoms with Gasteiger partial charge in [-0.15, -0.1) is 0 Å². The third-order valence-electron chi connectivity index (χ3n) is 5.15. The predicted octanol–water partition coefficient (Wildman–Crippen LogP) is 3.41. The maximum Gasteiger partial charge on any atom is 0.281 e. The van der Waals surface area contributed by atoms with Crippen molar-refractivity contribution in [2.75, 3.05) is 0 Å². The summed E-state index contributed by atoms with van der Waals surface area (Å²) in [4.78, 5) is 21.7. The van der Waals surface area contributed by atoms with Crippen LogP contribution in [0.5, 0.6) is 0 Å². The maximum absolute atomic E-state index is 12.6. The van der Waals surface area contributed by atoms with E-state index in [4.69, 9.17) is 4.98 Å². The van der Waals surface area contributed by atoms with E-state index < -0.39 is 0 Å². The number of para-hydroxylation sites is 2. The highest BCUT2D eigenvalue weighted by molar-refractivity contribution is 5.88. The Labute approximate surface area is 155 Å². The largest absolute Gasteiger partial charge is 0.509 e. The Morgan fingerprint density at radius 3 is 2.70 bits per heavy atom. The Morgan fingerprint density at radius 2 is 1.89 bits per heavy atom. The second-order valence-corrected chi connectivity index (χ2v) is 6.84. The molecule has 2 aromatic heterocycles. The van der Waals surface area contributed by atoms with Gasteiger partial charge in [-0.2, -0.15) is 4.98 Å². The molecule has 0 saturated heterocycles. The van der Waals surface area contributed by atoms with Crippen molar-refractivity contribution in [3.8, 4) is 0 Å². The van der Waals surface area contributed by atoms with E-state index in [9.17, 15) is 9.90 Å². The number of hydrogen-bond acceptors (Lipinski definition) is 4. The lowest BCUT2D eigenvalue weighted by molar-refractivity contribution is 0.389. The minimum atomic E-state index is -0.286. The van der Waals surface area contributed by atoms with E-state index in [1.165, 1.54) is 0 Å². The van der Waals surface area contributed by atoms with Crippen LogP contribution in [0.25, 0.3) is 27.5 Å². The number of imidazole rings is 1.